The van der Waals surface area contributed by atoms with Crippen LogP contribution in [0, 0.1) is 0 Å². The summed E-state index contributed by atoms with van der Waals surface area (Å²) in [4.78, 5) is 65.0. The third kappa shape index (κ3) is 11.0. The molecule has 3 aromatic carbocycles. The van der Waals surface area contributed by atoms with Crippen LogP contribution in [0.5, 0.6) is 5.75 Å². The molecule has 3 aromatic rings. The number of carboxylic acid groups (broad SMARTS) is 1. The molecule has 278 valence electrons. The topological polar surface area (TPSA) is 190 Å². The zero-order valence-electron chi connectivity index (χ0n) is 30.2. The van der Waals surface area contributed by atoms with Crippen LogP contribution in [0.3, 0.4) is 0 Å². The minimum absolute atomic E-state index is 0.0572. The van der Waals surface area contributed by atoms with E-state index in [2.05, 4.69) is 16.0 Å². The van der Waals surface area contributed by atoms with Gasteiger partial charge in [0.2, 0.25) is 11.8 Å². The lowest BCUT2D eigenvalue weighted by Crippen LogP contribution is -2.57. The maximum atomic E-state index is 13.8. The van der Waals surface area contributed by atoms with Crippen LogP contribution in [0.4, 0.5) is 4.79 Å². The molecule has 1 aliphatic carbocycles. The van der Waals surface area contributed by atoms with Gasteiger partial charge in [-0.05, 0) is 81.5 Å². The standard InChI is InChI=1S/C39H47N3O10/c1-38(2,3)51-24-17-15-23(16-18-24)19-30(34(45)41-32(21-43)36(47)48)40-35(46)31(20-33(44)52-39(4,5)6)42-37(49)50-22-29-27-13-9-7-11-25(27)26-12-8-10-14-28(26)29/h7-18,29-32,43H,19-22H2,1-6H3,(H,40,46)(H,41,45)(H,42,49)(H,47,48)/t30-,31-,32-/m0/s1. The van der Waals surface area contributed by atoms with Gasteiger partial charge in [-0.15, -0.1) is 0 Å². The number of aliphatic carboxylic acids is 1. The molecule has 0 unspecified atom stereocenters. The Balaban J connectivity index is 1.54. The highest BCUT2D eigenvalue weighted by Crippen LogP contribution is 2.44. The first-order valence-electron chi connectivity index (χ1n) is 17.0. The maximum Gasteiger partial charge on any atom is 0.407 e. The number of hydrogen-bond acceptors (Lipinski definition) is 9. The summed E-state index contributed by atoms with van der Waals surface area (Å²) in [6.45, 7) is 9.67. The molecule has 3 atom stereocenters. The van der Waals surface area contributed by atoms with E-state index >= 15 is 0 Å². The first kappa shape index (κ1) is 39.4. The minimum Gasteiger partial charge on any atom is -0.488 e. The fraction of sp³-hybridized carbons (Fsp3) is 0.410. The number of carbonyl (C=O) groups is 5. The van der Waals surface area contributed by atoms with E-state index in [9.17, 15) is 34.2 Å². The number of aliphatic hydroxyl groups is 1. The van der Waals surface area contributed by atoms with Gasteiger partial charge in [0.15, 0.2) is 0 Å². The second-order valence-corrected chi connectivity index (χ2v) is 14.5. The van der Waals surface area contributed by atoms with Crippen molar-refractivity contribution in [1.29, 1.82) is 0 Å². The molecule has 0 aliphatic heterocycles. The Morgan fingerprint density at radius 1 is 0.712 bits per heavy atom. The van der Waals surface area contributed by atoms with Crippen molar-refractivity contribution in [2.75, 3.05) is 13.2 Å². The lowest BCUT2D eigenvalue weighted by atomic mass is 9.98. The summed E-state index contributed by atoms with van der Waals surface area (Å²) in [7, 11) is 0. The highest BCUT2D eigenvalue weighted by atomic mass is 16.6. The summed E-state index contributed by atoms with van der Waals surface area (Å²) in [6.07, 6.45) is -1.70. The molecule has 0 saturated heterocycles. The van der Waals surface area contributed by atoms with E-state index < -0.39 is 72.2 Å². The van der Waals surface area contributed by atoms with Crippen molar-refractivity contribution in [2.24, 2.45) is 0 Å². The number of rotatable bonds is 14. The van der Waals surface area contributed by atoms with Gasteiger partial charge in [0, 0.05) is 12.3 Å². The second kappa shape index (κ2) is 16.7. The molecule has 0 bridgehead atoms. The number of nitrogens with one attached hydrogen (secondary N) is 3. The predicted molar refractivity (Wildman–Crippen MR) is 192 cm³/mol. The molecular weight excluding hydrogens is 670 g/mol. The maximum absolute atomic E-state index is 13.8. The van der Waals surface area contributed by atoms with Crippen molar-refractivity contribution < 1.29 is 48.4 Å². The quantitative estimate of drug-likeness (QED) is 0.152. The molecule has 0 aromatic heterocycles. The molecule has 4 rings (SSSR count). The first-order chi connectivity index (χ1) is 24.4. The van der Waals surface area contributed by atoms with Crippen molar-refractivity contribution >= 4 is 29.8 Å². The van der Waals surface area contributed by atoms with Crippen molar-refractivity contribution in [3.05, 3.63) is 89.5 Å². The minimum atomic E-state index is -1.65. The molecule has 0 fully saturated rings. The van der Waals surface area contributed by atoms with Crippen molar-refractivity contribution in [3.63, 3.8) is 0 Å². The van der Waals surface area contributed by atoms with E-state index in [4.69, 9.17) is 14.2 Å². The van der Waals surface area contributed by atoms with E-state index in [0.717, 1.165) is 22.3 Å². The molecule has 3 amide bonds. The zero-order valence-corrected chi connectivity index (χ0v) is 30.2. The number of carbonyl (C=O) groups excluding carboxylic acids is 4. The summed E-state index contributed by atoms with van der Waals surface area (Å²) in [6, 6.07) is 17.7. The van der Waals surface area contributed by atoms with E-state index in [1.54, 1.807) is 45.0 Å². The SMILES string of the molecule is CC(C)(C)OC(=O)C[C@H](NC(=O)OCC1c2ccccc2-c2ccccc21)C(=O)N[C@@H](Cc1ccc(OC(C)(C)C)cc1)C(=O)N[C@@H](CO)C(=O)O. The summed E-state index contributed by atoms with van der Waals surface area (Å²) in [5.74, 6) is -3.82. The predicted octanol–water partition coefficient (Wildman–Crippen LogP) is 4.09. The van der Waals surface area contributed by atoms with Crippen LogP contribution in [0.25, 0.3) is 11.1 Å². The van der Waals surface area contributed by atoms with Gasteiger partial charge in [-0.1, -0.05) is 60.7 Å². The number of fused-ring (bicyclic) bond motifs is 3. The Labute approximate surface area is 303 Å². The monoisotopic (exact) mass is 717 g/mol. The lowest BCUT2D eigenvalue weighted by molar-refractivity contribution is -0.156. The van der Waals surface area contributed by atoms with Gasteiger partial charge in [-0.3, -0.25) is 14.4 Å². The zero-order chi connectivity index (χ0) is 38.2. The molecule has 0 saturated carbocycles. The average Bonchev–Trinajstić information content (AvgIpc) is 3.38. The number of benzene rings is 3. The Hall–Kier alpha value is -5.43. The highest BCUT2D eigenvalue weighted by Gasteiger charge is 2.34. The van der Waals surface area contributed by atoms with Crippen LogP contribution >= 0.6 is 0 Å². The third-order valence-corrected chi connectivity index (χ3v) is 7.96. The molecular formula is C39H47N3O10. The smallest absolute Gasteiger partial charge is 0.407 e. The molecule has 1 aliphatic rings. The van der Waals surface area contributed by atoms with Crippen LogP contribution in [0.2, 0.25) is 0 Å². The highest BCUT2D eigenvalue weighted by molar-refractivity contribution is 5.94. The van der Waals surface area contributed by atoms with Crippen LogP contribution in [0.15, 0.2) is 72.8 Å². The van der Waals surface area contributed by atoms with E-state index in [1.807, 2.05) is 69.3 Å². The van der Waals surface area contributed by atoms with Gasteiger partial charge in [-0.2, -0.15) is 0 Å². The van der Waals surface area contributed by atoms with Crippen molar-refractivity contribution in [2.45, 2.75) is 89.6 Å². The number of ether oxygens (including phenoxy) is 3. The van der Waals surface area contributed by atoms with Crippen LogP contribution in [-0.4, -0.2) is 82.6 Å². The number of aliphatic hydroxyl groups excluding tert-OH is 1. The van der Waals surface area contributed by atoms with Gasteiger partial charge in [0.05, 0.1) is 13.0 Å². The van der Waals surface area contributed by atoms with Crippen molar-refractivity contribution in [3.8, 4) is 16.9 Å². The summed E-state index contributed by atoms with van der Waals surface area (Å²) < 4.78 is 16.9. The van der Waals surface area contributed by atoms with Crippen LogP contribution < -0.4 is 20.7 Å². The molecule has 0 spiro atoms. The first-order valence-corrected chi connectivity index (χ1v) is 17.0. The van der Waals surface area contributed by atoms with Gasteiger partial charge >= 0.3 is 18.0 Å². The van der Waals surface area contributed by atoms with Gasteiger partial charge in [0.1, 0.15) is 41.7 Å². The number of alkyl carbamates (subject to hydrolysis) is 1. The fourth-order valence-electron chi connectivity index (χ4n) is 5.76. The Morgan fingerprint density at radius 2 is 1.25 bits per heavy atom. The summed E-state index contributed by atoms with van der Waals surface area (Å²) >= 11 is 0. The average molecular weight is 718 g/mol. The Bertz CT molecular complexity index is 1720. The number of carboxylic acids is 1. The van der Waals surface area contributed by atoms with E-state index in [0.29, 0.717) is 11.3 Å². The normalized spacial score (nSPS) is 14.1. The molecule has 13 heteroatoms. The molecule has 0 heterocycles. The third-order valence-electron chi connectivity index (χ3n) is 7.96. The van der Waals surface area contributed by atoms with Gasteiger partial charge in [0.25, 0.3) is 0 Å². The molecule has 52 heavy (non-hydrogen) atoms. The Morgan fingerprint density at radius 3 is 1.77 bits per heavy atom. The van der Waals surface area contributed by atoms with Crippen LogP contribution in [0.1, 0.15) is 70.6 Å². The Kier molecular flexibility index (Phi) is 12.7. The second-order valence-electron chi connectivity index (χ2n) is 14.5. The number of hydrogen-bond donors (Lipinski definition) is 5. The van der Waals surface area contributed by atoms with Crippen LogP contribution in [-0.2, 0) is 35.1 Å². The van der Waals surface area contributed by atoms with Gasteiger partial charge < -0.3 is 40.4 Å². The molecule has 13 nitrogen and oxygen atoms in total. The molecule has 5 N–H and O–H groups in total. The van der Waals surface area contributed by atoms with E-state index in [1.165, 1.54) is 0 Å². The van der Waals surface area contributed by atoms with E-state index in [-0.39, 0.29) is 18.9 Å². The lowest BCUT2D eigenvalue weighted by Gasteiger charge is -2.25. The largest absolute Gasteiger partial charge is 0.488 e. The summed E-state index contributed by atoms with van der Waals surface area (Å²) in [5, 5.41) is 26.2. The molecule has 0 radical (unpaired) electrons. The number of esters is 1. The number of amides is 3. The fourth-order valence-corrected chi connectivity index (χ4v) is 5.76. The van der Waals surface area contributed by atoms with Crippen molar-refractivity contribution in [1.82, 2.24) is 16.0 Å². The van der Waals surface area contributed by atoms with Gasteiger partial charge in [-0.25, -0.2) is 9.59 Å². The summed E-state index contributed by atoms with van der Waals surface area (Å²) in [5.41, 5.74) is 3.23.